The summed E-state index contributed by atoms with van der Waals surface area (Å²) < 4.78 is 5.44. The molecule has 2 aromatic rings. The van der Waals surface area contributed by atoms with E-state index in [1.165, 1.54) is 10.5 Å². The second kappa shape index (κ2) is 9.06. The van der Waals surface area contributed by atoms with E-state index in [1.807, 2.05) is 42.5 Å². The second-order valence-corrected chi connectivity index (χ2v) is 7.23. The number of rotatable bonds is 6. The number of piperidine rings is 1. The van der Waals surface area contributed by atoms with Crippen molar-refractivity contribution in [2.45, 2.75) is 25.9 Å². The van der Waals surface area contributed by atoms with Gasteiger partial charge in [-0.25, -0.2) is 0 Å². The quantitative estimate of drug-likeness (QED) is 0.816. The molecular formula is C21H26ClN2O2+. The van der Waals surface area contributed by atoms with Crippen LogP contribution in [0.1, 0.15) is 24.0 Å². The van der Waals surface area contributed by atoms with Crippen molar-refractivity contribution >= 4 is 17.5 Å². The average molecular weight is 374 g/mol. The lowest BCUT2D eigenvalue weighted by Crippen LogP contribution is -3.11. The van der Waals surface area contributed by atoms with E-state index < -0.39 is 0 Å². The number of para-hydroxylation sites is 1. The lowest BCUT2D eigenvalue weighted by Gasteiger charge is -2.29. The molecule has 5 heteroatoms. The molecular weight excluding hydrogens is 348 g/mol. The van der Waals surface area contributed by atoms with Gasteiger partial charge in [0.05, 0.1) is 20.2 Å². The van der Waals surface area contributed by atoms with Crippen molar-refractivity contribution in [3.05, 3.63) is 64.7 Å². The van der Waals surface area contributed by atoms with Crippen molar-refractivity contribution in [2.24, 2.45) is 5.92 Å². The van der Waals surface area contributed by atoms with Crippen molar-refractivity contribution in [3.8, 4) is 5.75 Å². The summed E-state index contributed by atoms with van der Waals surface area (Å²) in [6, 6.07) is 15.8. The summed E-state index contributed by atoms with van der Waals surface area (Å²) in [6.07, 6.45) is 1.83. The number of hydrogen-bond donors (Lipinski definition) is 2. The average Bonchev–Trinajstić information content (AvgIpc) is 2.68. The van der Waals surface area contributed by atoms with Crippen LogP contribution in [0.4, 0.5) is 0 Å². The van der Waals surface area contributed by atoms with Crippen molar-refractivity contribution < 1.29 is 14.4 Å². The van der Waals surface area contributed by atoms with Gasteiger partial charge in [0.25, 0.3) is 0 Å². The maximum absolute atomic E-state index is 12.5. The largest absolute Gasteiger partial charge is 0.496 e. The topological polar surface area (TPSA) is 42.8 Å². The number of amides is 1. The van der Waals surface area contributed by atoms with E-state index in [4.69, 9.17) is 16.3 Å². The van der Waals surface area contributed by atoms with E-state index in [0.29, 0.717) is 11.6 Å². The van der Waals surface area contributed by atoms with Crippen LogP contribution >= 0.6 is 11.6 Å². The number of likely N-dealkylation sites (tertiary alicyclic amines) is 1. The number of halogens is 1. The van der Waals surface area contributed by atoms with E-state index in [9.17, 15) is 4.79 Å². The predicted molar refractivity (Wildman–Crippen MR) is 103 cm³/mol. The molecule has 1 fully saturated rings. The lowest BCUT2D eigenvalue weighted by atomic mass is 9.95. The van der Waals surface area contributed by atoms with Crippen molar-refractivity contribution in [2.75, 3.05) is 20.2 Å². The van der Waals surface area contributed by atoms with Crippen LogP contribution in [0.25, 0.3) is 0 Å². The molecule has 4 nitrogen and oxygen atoms in total. The van der Waals surface area contributed by atoms with Gasteiger partial charge in [-0.05, 0) is 23.8 Å². The minimum Gasteiger partial charge on any atom is -0.496 e. The van der Waals surface area contributed by atoms with Crippen molar-refractivity contribution in [1.29, 1.82) is 0 Å². The molecule has 1 amide bonds. The summed E-state index contributed by atoms with van der Waals surface area (Å²) >= 11 is 6.15. The molecule has 3 rings (SSSR count). The lowest BCUT2D eigenvalue weighted by molar-refractivity contribution is -0.919. The molecule has 1 saturated heterocycles. The molecule has 26 heavy (non-hydrogen) atoms. The highest BCUT2D eigenvalue weighted by atomic mass is 35.5. The smallest absolute Gasteiger partial charge is 0.223 e. The Bertz CT molecular complexity index is 742. The van der Waals surface area contributed by atoms with Crippen LogP contribution in [-0.4, -0.2) is 26.1 Å². The molecule has 0 atom stereocenters. The Labute approximate surface area is 160 Å². The summed E-state index contributed by atoms with van der Waals surface area (Å²) in [5.41, 5.74) is 2.19. The zero-order chi connectivity index (χ0) is 18.4. The molecule has 0 spiro atoms. The van der Waals surface area contributed by atoms with Crippen LogP contribution < -0.4 is 15.0 Å². The molecule has 0 radical (unpaired) electrons. The van der Waals surface area contributed by atoms with E-state index in [-0.39, 0.29) is 11.8 Å². The van der Waals surface area contributed by atoms with Gasteiger partial charge in [-0.2, -0.15) is 0 Å². The molecule has 2 aromatic carbocycles. The second-order valence-electron chi connectivity index (χ2n) is 6.82. The number of carbonyl (C=O) groups is 1. The SMILES string of the molecule is COc1ccccc1C[NH+]1CCC(C(=O)NCc2ccccc2Cl)CC1. The molecule has 0 aromatic heterocycles. The summed E-state index contributed by atoms with van der Waals surface area (Å²) in [6.45, 7) is 3.44. The number of nitrogens with one attached hydrogen (secondary N) is 2. The number of benzene rings is 2. The molecule has 0 aliphatic carbocycles. The Hall–Kier alpha value is -2.04. The van der Waals surface area contributed by atoms with Crippen LogP contribution in [0.5, 0.6) is 5.75 Å². The Morgan fingerprint density at radius 3 is 2.46 bits per heavy atom. The first-order valence-electron chi connectivity index (χ1n) is 9.14. The van der Waals surface area contributed by atoms with Crippen LogP contribution in [0.15, 0.2) is 48.5 Å². The minimum atomic E-state index is 0.0962. The van der Waals surface area contributed by atoms with E-state index >= 15 is 0 Å². The standard InChI is InChI=1S/C21H25ClN2O2/c1-26-20-9-5-3-7-18(20)15-24-12-10-16(11-13-24)21(25)23-14-17-6-2-4-8-19(17)22/h2-9,16H,10-15H2,1H3,(H,23,25)/p+1. The normalized spacial score (nSPS) is 19.8. The fraction of sp³-hybridized carbons (Fsp3) is 0.381. The van der Waals surface area contributed by atoms with Gasteiger partial charge < -0.3 is 15.0 Å². The molecule has 0 bridgehead atoms. The summed E-state index contributed by atoms with van der Waals surface area (Å²) in [7, 11) is 1.71. The molecule has 0 unspecified atom stereocenters. The molecule has 0 saturated carbocycles. The third-order valence-corrected chi connectivity index (χ3v) is 5.48. The van der Waals surface area contributed by atoms with Gasteiger partial charge in [0.15, 0.2) is 0 Å². The molecule has 1 heterocycles. The summed E-state index contributed by atoms with van der Waals surface area (Å²) in [5.74, 6) is 1.18. The highest BCUT2D eigenvalue weighted by Crippen LogP contribution is 2.18. The number of hydrogen-bond acceptors (Lipinski definition) is 2. The zero-order valence-corrected chi connectivity index (χ0v) is 15.9. The number of methoxy groups -OCH3 is 1. The van der Waals surface area contributed by atoms with Crippen LogP contribution in [0, 0.1) is 5.92 Å². The molecule has 2 N–H and O–H groups in total. The Morgan fingerprint density at radius 2 is 1.77 bits per heavy atom. The predicted octanol–water partition coefficient (Wildman–Crippen LogP) is 2.46. The van der Waals surface area contributed by atoms with Gasteiger partial charge in [-0.1, -0.05) is 41.9 Å². The summed E-state index contributed by atoms with van der Waals surface area (Å²) in [4.78, 5) is 14.0. The summed E-state index contributed by atoms with van der Waals surface area (Å²) in [5, 5.41) is 3.74. The maximum Gasteiger partial charge on any atom is 0.223 e. The van der Waals surface area contributed by atoms with E-state index in [0.717, 1.165) is 43.8 Å². The van der Waals surface area contributed by atoms with Crippen LogP contribution in [0.2, 0.25) is 5.02 Å². The van der Waals surface area contributed by atoms with Gasteiger partial charge in [-0.15, -0.1) is 0 Å². The Morgan fingerprint density at radius 1 is 1.12 bits per heavy atom. The highest BCUT2D eigenvalue weighted by Gasteiger charge is 2.27. The Kier molecular flexibility index (Phi) is 6.53. The maximum atomic E-state index is 12.5. The zero-order valence-electron chi connectivity index (χ0n) is 15.1. The molecule has 1 aliphatic heterocycles. The first kappa shape index (κ1) is 18.7. The molecule has 138 valence electrons. The number of carbonyl (C=O) groups excluding carboxylic acids is 1. The van der Waals surface area contributed by atoms with E-state index in [2.05, 4.69) is 11.4 Å². The van der Waals surface area contributed by atoms with E-state index in [1.54, 1.807) is 7.11 Å². The van der Waals surface area contributed by atoms with Gasteiger partial charge in [0.2, 0.25) is 5.91 Å². The highest BCUT2D eigenvalue weighted by molar-refractivity contribution is 6.31. The van der Waals surface area contributed by atoms with Gasteiger partial charge in [-0.3, -0.25) is 4.79 Å². The monoisotopic (exact) mass is 373 g/mol. The van der Waals surface area contributed by atoms with Gasteiger partial charge >= 0.3 is 0 Å². The number of quaternary nitrogens is 1. The van der Waals surface area contributed by atoms with Gasteiger partial charge in [0, 0.05) is 35.9 Å². The fourth-order valence-electron chi connectivity index (χ4n) is 3.55. The first-order valence-corrected chi connectivity index (χ1v) is 9.51. The third-order valence-electron chi connectivity index (χ3n) is 5.11. The van der Waals surface area contributed by atoms with Crippen LogP contribution in [0.3, 0.4) is 0 Å². The van der Waals surface area contributed by atoms with Gasteiger partial charge in [0.1, 0.15) is 12.3 Å². The van der Waals surface area contributed by atoms with Crippen molar-refractivity contribution in [3.63, 3.8) is 0 Å². The third kappa shape index (κ3) is 4.77. The first-order chi connectivity index (χ1) is 12.7. The molecule has 1 aliphatic rings. The Balaban J connectivity index is 1.47. The van der Waals surface area contributed by atoms with Crippen LogP contribution in [-0.2, 0) is 17.9 Å². The fourth-order valence-corrected chi connectivity index (χ4v) is 3.75. The minimum absolute atomic E-state index is 0.0962. The van der Waals surface area contributed by atoms with Crippen molar-refractivity contribution in [1.82, 2.24) is 5.32 Å². The number of ether oxygens (including phenoxy) is 1.